The molecular formula is C25H20F3NO4. The minimum Gasteiger partial charge on any atom is -0.481 e. The van der Waals surface area contributed by atoms with Crippen LogP contribution < -0.4 is 5.32 Å². The van der Waals surface area contributed by atoms with Gasteiger partial charge >= 0.3 is 12.1 Å². The van der Waals surface area contributed by atoms with Crippen LogP contribution in [-0.4, -0.2) is 29.8 Å². The Morgan fingerprint density at radius 3 is 2.03 bits per heavy atom. The molecule has 0 radical (unpaired) electrons. The highest BCUT2D eigenvalue weighted by Gasteiger charge is 2.29. The summed E-state index contributed by atoms with van der Waals surface area (Å²) in [5.74, 6) is -5.79. The highest BCUT2D eigenvalue weighted by molar-refractivity contribution is 5.79. The third-order valence-corrected chi connectivity index (χ3v) is 5.61. The van der Waals surface area contributed by atoms with E-state index in [0.29, 0.717) is 0 Å². The van der Waals surface area contributed by atoms with E-state index in [1.165, 1.54) is 0 Å². The summed E-state index contributed by atoms with van der Waals surface area (Å²) in [5.41, 5.74) is 4.17. The zero-order chi connectivity index (χ0) is 23.5. The van der Waals surface area contributed by atoms with Crippen LogP contribution in [0.1, 0.15) is 29.0 Å². The van der Waals surface area contributed by atoms with Crippen molar-refractivity contribution in [2.45, 2.75) is 24.8 Å². The van der Waals surface area contributed by atoms with Crippen LogP contribution in [0.15, 0.2) is 60.7 Å². The zero-order valence-electron chi connectivity index (χ0n) is 17.4. The first kappa shape index (κ1) is 22.4. The van der Waals surface area contributed by atoms with Crippen LogP contribution >= 0.6 is 0 Å². The van der Waals surface area contributed by atoms with Crippen molar-refractivity contribution in [3.05, 3.63) is 94.8 Å². The Bertz CT molecular complexity index is 1150. The fourth-order valence-electron chi connectivity index (χ4n) is 4.20. The predicted octanol–water partition coefficient (Wildman–Crippen LogP) is 5.03. The summed E-state index contributed by atoms with van der Waals surface area (Å²) in [6.45, 7) is 0.0272. The summed E-state index contributed by atoms with van der Waals surface area (Å²) >= 11 is 0. The number of amides is 1. The number of halogens is 3. The summed E-state index contributed by atoms with van der Waals surface area (Å²) in [4.78, 5) is 23.7. The van der Waals surface area contributed by atoms with E-state index >= 15 is 0 Å². The van der Waals surface area contributed by atoms with Crippen molar-refractivity contribution < 1.29 is 32.6 Å². The molecule has 0 aromatic heterocycles. The maximum atomic E-state index is 13.5. The van der Waals surface area contributed by atoms with Gasteiger partial charge in [0, 0.05) is 12.0 Å². The van der Waals surface area contributed by atoms with E-state index in [2.05, 4.69) is 5.32 Å². The Balaban J connectivity index is 1.45. The molecule has 0 heterocycles. The molecule has 2 N–H and O–H groups in total. The van der Waals surface area contributed by atoms with Gasteiger partial charge in [-0.2, -0.15) is 0 Å². The molecule has 0 bridgehead atoms. The number of carbonyl (C=O) groups is 2. The first-order chi connectivity index (χ1) is 15.8. The van der Waals surface area contributed by atoms with Crippen LogP contribution in [0.3, 0.4) is 0 Å². The normalized spacial score (nSPS) is 13.2. The minimum atomic E-state index is -1.61. The van der Waals surface area contributed by atoms with Gasteiger partial charge in [0.25, 0.3) is 0 Å². The molecule has 1 amide bonds. The van der Waals surface area contributed by atoms with Crippen LogP contribution in [0, 0.1) is 17.5 Å². The number of fused-ring (bicyclic) bond motifs is 3. The molecule has 0 saturated heterocycles. The molecule has 0 fully saturated rings. The second-order valence-electron chi connectivity index (χ2n) is 7.84. The van der Waals surface area contributed by atoms with E-state index in [1.54, 1.807) is 0 Å². The second-order valence-corrected chi connectivity index (χ2v) is 7.84. The number of carboxylic acid groups (broad SMARTS) is 1. The molecule has 4 rings (SSSR count). The molecular weight excluding hydrogens is 435 g/mol. The number of aliphatic carboxylic acids is 1. The fourth-order valence-corrected chi connectivity index (χ4v) is 4.20. The first-order valence-corrected chi connectivity index (χ1v) is 10.3. The molecule has 0 unspecified atom stereocenters. The van der Waals surface area contributed by atoms with E-state index in [4.69, 9.17) is 9.84 Å². The average Bonchev–Trinajstić information content (AvgIpc) is 3.09. The minimum absolute atomic E-state index is 0.0107. The maximum absolute atomic E-state index is 13.5. The largest absolute Gasteiger partial charge is 0.481 e. The molecule has 1 aliphatic carbocycles. The van der Waals surface area contributed by atoms with Crippen LogP contribution in [0.2, 0.25) is 0 Å². The van der Waals surface area contributed by atoms with Crippen molar-refractivity contribution in [3.8, 4) is 11.1 Å². The predicted molar refractivity (Wildman–Crippen MR) is 114 cm³/mol. The topological polar surface area (TPSA) is 75.6 Å². The number of ether oxygens (including phenoxy) is 1. The molecule has 3 aromatic carbocycles. The molecule has 1 atom stereocenters. The van der Waals surface area contributed by atoms with Crippen molar-refractivity contribution in [1.82, 2.24) is 5.32 Å². The van der Waals surface area contributed by atoms with Crippen LogP contribution in [0.5, 0.6) is 0 Å². The number of rotatable bonds is 7. The van der Waals surface area contributed by atoms with Gasteiger partial charge in [-0.3, -0.25) is 4.79 Å². The van der Waals surface area contributed by atoms with Crippen LogP contribution in [0.25, 0.3) is 11.1 Å². The lowest BCUT2D eigenvalue weighted by Crippen LogP contribution is -2.39. The van der Waals surface area contributed by atoms with Crippen molar-refractivity contribution in [2.75, 3.05) is 6.61 Å². The molecule has 5 nitrogen and oxygen atoms in total. The highest BCUT2D eigenvalue weighted by Crippen LogP contribution is 2.44. The Labute approximate surface area is 187 Å². The summed E-state index contributed by atoms with van der Waals surface area (Å²) < 4.78 is 45.6. The average molecular weight is 455 g/mol. The van der Waals surface area contributed by atoms with Gasteiger partial charge in [-0.25, -0.2) is 18.0 Å². The monoisotopic (exact) mass is 455 g/mol. The molecule has 3 aromatic rings. The van der Waals surface area contributed by atoms with E-state index in [9.17, 15) is 22.8 Å². The van der Waals surface area contributed by atoms with Gasteiger partial charge < -0.3 is 15.2 Å². The highest BCUT2D eigenvalue weighted by atomic mass is 19.2. The standard InChI is InChI=1S/C25H20F3NO4/c26-21-10-14(11-22(27)24(21)28)9-15(12-23(30)31)29-25(32)33-13-20-18-7-3-1-5-16(18)17-6-2-4-8-19(17)20/h1-8,10-11,15,20H,9,12-13H2,(H,29,32)(H,30,31)/t15-/m0/s1. The zero-order valence-corrected chi connectivity index (χ0v) is 17.4. The third-order valence-electron chi connectivity index (χ3n) is 5.61. The molecule has 0 saturated carbocycles. The van der Waals surface area contributed by atoms with Gasteiger partial charge in [-0.15, -0.1) is 0 Å². The van der Waals surface area contributed by atoms with Crippen molar-refractivity contribution in [3.63, 3.8) is 0 Å². The van der Waals surface area contributed by atoms with Gasteiger partial charge in [-0.05, 0) is 46.4 Å². The number of alkyl carbamates (subject to hydrolysis) is 1. The van der Waals surface area contributed by atoms with Gasteiger partial charge in [-0.1, -0.05) is 48.5 Å². The van der Waals surface area contributed by atoms with Gasteiger partial charge in [0.05, 0.1) is 6.42 Å². The van der Waals surface area contributed by atoms with Crippen molar-refractivity contribution in [2.24, 2.45) is 0 Å². The number of nitrogens with one attached hydrogen (secondary N) is 1. The molecule has 33 heavy (non-hydrogen) atoms. The number of hydrogen-bond acceptors (Lipinski definition) is 3. The Hall–Kier alpha value is -3.81. The van der Waals surface area contributed by atoms with Gasteiger partial charge in [0.2, 0.25) is 0 Å². The SMILES string of the molecule is O=C(O)C[C@H](Cc1cc(F)c(F)c(F)c1)NC(=O)OCC1c2ccccc2-c2ccccc21. The Morgan fingerprint density at radius 1 is 0.939 bits per heavy atom. The Kier molecular flexibility index (Phi) is 6.35. The fraction of sp³-hybridized carbons (Fsp3) is 0.200. The molecule has 0 spiro atoms. The summed E-state index contributed by atoms with van der Waals surface area (Å²) in [7, 11) is 0. The van der Waals surface area contributed by atoms with Gasteiger partial charge in [0.1, 0.15) is 6.61 Å². The lowest BCUT2D eigenvalue weighted by Gasteiger charge is -2.19. The van der Waals surface area contributed by atoms with E-state index in [0.717, 1.165) is 34.4 Å². The van der Waals surface area contributed by atoms with E-state index in [-0.39, 0.29) is 24.5 Å². The maximum Gasteiger partial charge on any atom is 0.407 e. The van der Waals surface area contributed by atoms with Crippen molar-refractivity contribution >= 4 is 12.1 Å². The van der Waals surface area contributed by atoms with E-state index in [1.807, 2.05) is 48.5 Å². The lowest BCUT2D eigenvalue weighted by atomic mass is 9.98. The summed E-state index contributed by atoms with van der Waals surface area (Å²) in [6.07, 6.45) is -1.58. The first-order valence-electron chi connectivity index (χ1n) is 10.3. The van der Waals surface area contributed by atoms with Crippen molar-refractivity contribution in [1.29, 1.82) is 0 Å². The van der Waals surface area contributed by atoms with Crippen LogP contribution in [0.4, 0.5) is 18.0 Å². The van der Waals surface area contributed by atoms with Crippen LogP contribution in [-0.2, 0) is 16.0 Å². The molecule has 8 heteroatoms. The quantitative estimate of drug-likeness (QED) is 0.490. The number of hydrogen-bond donors (Lipinski definition) is 2. The molecule has 170 valence electrons. The Morgan fingerprint density at radius 2 is 1.48 bits per heavy atom. The summed E-state index contributed by atoms with van der Waals surface area (Å²) in [6, 6.07) is 16.1. The summed E-state index contributed by atoms with van der Waals surface area (Å²) in [5, 5.41) is 11.6. The lowest BCUT2D eigenvalue weighted by molar-refractivity contribution is -0.137. The smallest absolute Gasteiger partial charge is 0.407 e. The number of carboxylic acids is 1. The molecule has 1 aliphatic rings. The third kappa shape index (κ3) is 4.84. The molecule has 0 aliphatic heterocycles. The second kappa shape index (κ2) is 9.36. The number of carbonyl (C=O) groups excluding carboxylic acids is 1. The number of benzene rings is 3. The van der Waals surface area contributed by atoms with Gasteiger partial charge in [0.15, 0.2) is 17.5 Å². The van der Waals surface area contributed by atoms with E-state index < -0.39 is 42.0 Å².